The van der Waals surface area contributed by atoms with E-state index in [1.807, 2.05) is 54.6 Å². The zero-order chi connectivity index (χ0) is 20.1. The van der Waals surface area contributed by atoms with Crippen molar-refractivity contribution >= 4 is 21.9 Å². The van der Waals surface area contributed by atoms with Gasteiger partial charge in [-0.25, -0.2) is 9.97 Å². The first-order valence-corrected chi connectivity index (χ1v) is 9.49. The molecule has 0 saturated heterocycles. The Balaban J connectivity index is 1.52. The van der Waals surface area contributed by atoms with Gasteiger partial charge >= 0.3 is 0 Å². The number of hydrogen-bond acceptors (Lipinski definition) is 5. The average molecular weight is 392 g/mol. The first kappa shape index (κ1) is 16.6. The van der Waals surface area contributed by atoms with E-state index in [0.29, 0.717) is 0 Å². The normalized spacial score (nSPS) is 11.5. The molecule has 6 heterocycles. The Morgan fingerprint density at radius 2 is 1.90 bits per heavy atom. The van der Waals surface area contributed by atoms with Crippen LogP contribution >= 0.6 is 0 Å². The second kappa shape index (κ2) is 6.35. The standard InChI is InChI=1S/C22H16N8/c1-13-11-30(12-26-13)20-10-24-9-19-16(20)6-18(27-19)21-17-5-15(8-25-22(17)29-28-21)14-3-2-4-23-7-14/h2-12,27H,1H3,(H,25,28,29). The van der Waals surface area contributed by atoms with Crippen LogP contribution in [0, 0.1) is 6.92 Å². The van der Waals surface area contributed by atoms with Gasteiger partial charge in [-0.1, -0.05) is 6.07 Å². The highest BCUT2D eigenvalue weighted by Crippen LogP contribution is 2.32. The molecule has 0 aromatic carbocycles. The molecule has 0 aliphatic carbocycles. The van der Waals surface area contributed by atoms with Crippen LogP contribution in [0.2, 0.25) is 0 Å². The molecule has 0 bridgehead atoms. The van der Waals surface area contributed by atoms with E-state index in [1.54, 1.807) is 12.5 Å². The fraction of sp³-hybridized carbons (Fsp3) is 0.0455. The van der Waals surface area contributed by atoms with E-state index in [1.165, 1.54) is 0 Å². The molecule has 0 aliphatic heterocycles. The van der Waals surface area contributed by atoms with E-state index in [0.717, 1.165) is 55.8 Å². The number of hydrogen-bond donors (Lipinski definition) is 2. The first-order chi connectivity index (χ1) is 14.8. The van der Waals surface area contributed by atoms with Crippen molar-refractivity contribution in [1.29, 1.82) is 0 Å². The highest BCUT2D eigenvalue weighted by atomic mass is 15.2. The van der Waals surface area contributed by atoms with Crippen LogP contribution in [0.3, 0.4) is 0 Å². The highest BCUT2D eigenvalue weighted by Gasteiger charge is 2.15. The molecule has 0 amide bonds. The lowest BCUT2D eigenvalue weighted by Gasteiger charge is -2.02. The summed E-state index contributed by atoms with van der Waals surface area (Å²) in [7, 11) is 0. The number of nitrogens with zero attached hydrogens (tertiary/aromatic N) is 6. The van der Waals surface area contributed by atoms with Crippen molar-refractivity contribution in [3.05, 3.63) is 73.5 Å². The largest absolute Gasteiger partial charge is 0.352 e. The van der Waals surface area contributed by atoms with E-state index >= 15 is 0 Å². The number of nitrogens with one attached hydrogen (secondary N) is 2. The van der Waals surface area contributed by atoms with E-state index in [4.69, 9.17) is 0 Å². The Bertz CT molecular complexity index is 1510. The van der Waals surface area contributed by atoms with E-state index in [-0.39, 0.29) is 0 Å². The maximum absolute atomic E-state index is 4.54. The third-order valence-corrected chi connectivity index (χ3v) is 5.18. The van der Waals surface area contributed by atoms with Gasteiger partial charge < -0.3 is 9.55 Å². The van der Waals surface area contributed by atoms with Gasteiger partial charge in [0, 0.05) is 46.7 Å². The number of rotatable bonds is 3. The number of H-pyrrole nitrogens is 2. The van der Waals surface area contributed by atoms with Crippen LogP contribution in [0.4, 0.5) is 0 Å². The molecule has 6 rings (SSSR count). The molecule has 2 N–H and O–H groups in total. The van der Waals surface area contributed by atoms with Gasteiger partial charge in [0.25, 0.3) is 0 Å². The van der Waals surface area contributed by atoms with Gasteiger partial charge in [0.15, 0.2) is 5.65 Å². The Kier molecular flexibility index (Phi) is 3.51. The summed E-state index contributed by atoms with van der Waals surface area (Å²) < 4.78 is 1.98. The lowest BCUT2D eigenvalue weighted by molar-refractivity contribution is 1.05. The molecular formula is C22H16N8. The molecule has 0 atom stereocenters. The number of aromatic amines is 2. The fourth-order valence-corrected chi connectivity index (χ4v) is 3.72. The van der Waals surface area contributed by atoms with Crippen molar-refractivity contribution in [1.82, 2.24) is 39.7 Å². The molecule has 30 heavy (non-hydrogen) atoms. The summed E-state index contributed by atoms with van der Waals surface area (Å²) in [6.07, 6.45) is 12.9. The fourth-order valence-electron chi connectivity index (χ4n) is 3.72. The summed E-state index contributed by atoms with van der Waals surface area (Å²) in [5.41, 5.74) is 7.30. The molecule has 6 aromatic heterocycles. The van der Waals surface area contributed by atoms with Gasteiger partial charge in [-0.2, -0.15) is 5.10 Å². The molecule has 0 unspecified atom stereocenters. The predicted molar refractivity (Wildman–Crippen MR) is 114 cm³/mol. The van der Waals surface area contributed by atoms with Crippen LogP contribution in [0.1, 0.15) is 5.69 Å². The summed E-state index contributed by atoms with van der Waals surface area (Å²) in [6, 6.07) is 8.11. The first-order valence-electron chi connectivity index (χ1n) is 9.49. The van der Waals surface area contributed by atoms with Crippen molar-refractivity contribution in [3.8, 4) is 28.2 Å². The molecule has 8 heteroatoms. The summed E-state index contributed by atoms with van der Waals surface area (Å²) in [5.74, 6) is 0. The number of imidazole rings is 1. The van der Waals surface area contributed by atoms with Crippen LogP contribution in [-0.2, 0) is 0 Å². The molecule has 0 fully saturated rings. The third kappa shape index (κ3) is 2.58. The minimum Gasteiger partial charge on any atom is -0.352 e. The van der Waals surface area contributed by atoms with Crippen molar-refractivity contribution in [2.45, 2.75) is 6.92 Å². The summed E-state index contributed by atoms with van der Waals surface area (Å²) in [5, 5.41) is 9.55. The van der Waals surface area contributed by atoms with Crippen LogP contribution in [0.5, 0.6) is 0 Å². The Labute approximate surface area is 170 Å². The van der Waals surface area contributed by atoms with Gasteiger partial charge in [-0.05, 0) is 25.1 Å². The summed E-state index contributed by atoms with van der Waals surface area (Å²) in [6.45, 7) is 1.97. The third-order valence-electron chi connectivity index (χ3n) is 5.18. The van der Waals surface area contributed by atoms with Gasteiger partial charge in [0.2, 0.25) is 0 Å². The molecule has 0 spiro atoms. The smallest absolute Gasteiger partial charge is 0.155 e. The second-order valence-electron chi connectivity index (χ2n) is 7.16. The zero-order valence-electron chi connectivity index (χ0n) is 16.0. The number of pyridine rings is 3. The maximum Gasteiger partial charge on any atom is 0.155 e. The quantitative estimate of drug-likeness (QED) is 0.473. The number of fused-ring (bicyclic) bond motifs is 2. The minimum absolute atomic E-state index is 0.736. The second-order valence-corrected chi connectivity index (χ2v) is 7.16. The lowest BCUT2D eigenvalue weighted by Crippen LogP contribution is -1.91. The van der Waals surface area contributed by atoms with Gasteiger partial charge in [0.05, 0.1) is 41.3 Å². The average Bonchev–Trinajstić information content (AvgIpc) is 3.51. The Hall–Kier alpha value is -4.33. The van der Waals surface area contributed by atoms with E-state index in [9.17, 15) is 0 Å². The molecule has 6 aromatic rings. The van der Waals surface area contributed by atoms with Crippen molar-refractivity contribution < 1.29 is 0 Å². The zero-order valence-corrected chi connectivity index (χ0v) is 16.0. The van der Waals surface area contributed by atoms with Crippen LogP contribution < -0.4 is 0 Å². The van der Waals surface area contributed by atoms with Gasteiger partial charge in [-0.15, -0.1) is 0 Å². The van der Waals surface area contributed by atoms with Gasteiger partial charge in [-0.3, -0.25) is 15.1 Å². The summed E-state index contributed by atoms with van der Waals surface area (Å²) in [4.78, 5) is 20.9. The Morgan fingerprint density at radius 3 is 2.73 bits per heavy atom. The molecule has 8 nitrogen and oxygen atoms in total. The van der Waals surface area contributed by atoms with E-state index in [2.05, 4.69) is 47.2 Å². The molecular weight excluding hydrogens is 376 g/mol. The maximum atomic E-state index is 4.54. The molecule has 0 aliphatic rings. The molecule has 0 saturated carbocycles. The minimum atomic E-state index is 0.736. The molecule has 0 radical (unpaired) electrons. The van der Waals surface area contributed by atoms with Crippen LogP contribution in [0.15, 0.2) is 67.8 Å². The number of aromatic nitrogens is 8. The highest BCUT2D eigenvalue weighted by molar-refractivity contribution is 5.97. The van der Waals surface area contributed by atoms with E-state index < -0.39 is 0 Å². The predicted octanol–water partition coefficient (Wildman–Crippen LogP) is 4.06. The monoisotopic (exact) mass is 392 g/mol. The topological polar surface area (TPSA) is 101 Å². The molecule has 144 valence electrons. The van der Waals surface area contributed by atoms with Crippen molar-refractivity contribution in [3.63, 3.8) is 0 Å². The van der Waals surface area contributed by atoms with Crippen LogP contribution in [-0.4, -0.2) is 39.7 Å². The summed E-state index contributed by atoms with van der Waals surface area (Å²) >= 11 is 0. The van der Waals surface area contributed by atoms with Gasteiger partial charge in [0.1, 0.15) is 5.69 Å². The van der Waals surface area contributed by atoms with Crippen molar-refractivity contribution in [2.24, 2.45) is 0 Å². The number of aryl methyl sites for hydroxylation is 1. The lowest BCUT2D eigenvalue weighted by atomic mass is 10.1. The van der Waals surface area contributed by atoms with Crippen molar-refractivity contribution in [2.75, 3.05) is 0 Å². The Morgan fingerprint density at radius 1 is 0.933 bits per heavy atom. The van der Waals surface area contributed by atoms with Crippen LogP contribution in [0.25, 0.3) is 50.1 Å². The SMILES string of the molecule is Cc1cn(-c2cncc3[nH]c(-c4n[nH]c5ncc(-c6cccnc6)cc45)cc23)cn1.